The monoisotopic (exact) mass is 342 g/mol. The molecule has 5 heteroatoms. The van der Waals surface area contributed by atoms with Crippen LogP contribution in [0.5, 0.6) is 0 Å². The standard InChI is InChI=1S/C19H19ClN2O2/c1-12-3-6-16(9-13(12)2)21-19(24)14-10-18(23)22(11-14)17-7-4-15(20)5-8-17/h3-9,14H,10-11H2,1-2H3,(H,21,24)/t14-/m1/s1. The summed E-state index contributed by atoms with van der Waals surface area (Å²) in [5.74, 6) is -0.518. The molecule has 1 N–H and O–H groups in total. The first-order valence-electron chi connectivity index (χ1n) is 7.88. The van der Waals surface area contributed by atoms with Gasteiger partial charge in [0.05, 0.1) is 5.92 Å². The van der Waals surface area contributed by atoms with E-state index in [2.05, 4.69) is 5.32 Å². The van der Waals surface area contributed by atoms with Crippen LogP contribution in [0.15, 0.2) is 42.5 Å². The minimum absolute atomic E-state index is 0.0439. The number of halogens is 1. The van der Waals surface area contributed by atoms with Gasteiger partial charge in [-0.3, -0.25) is 9.59 Å². The number of nitrogens with one attached hydrogen (secondary N) is 1. The van der Waals surface area contributed by atoms with Gasteiger partial charge in [0, 0.05) is 29.4 Å². The van der Waals surface area contributed by atoms with Gasteiger partial charge < -0.3 is 10.2 Å². The third-order valence-corrected chi connectivity index (χ3v) is 4.66. The molecule has 1 fully saturated rings. The highest BCUT2D eigenvalue weighted by Gasteiger charge is 2.35. The number of rotatable bonds is 3. The Hall–Kier alpha value is -2.33. The number of aryl methyl sites for hydroxylation is 2. The smallest absolute Gasteiger partial charge is 0.229 e. The molecule has 2 aromatic rings. The summed E-state index contributed by atoms with van der Waals surface area (Å²) in [6.45, 7) is 4.42. The fourth-order valence-electron chi connectivity index (χ4n) is 2.82. The van der Waals surface area contributed by atoms with Crippen LogP contribution in [0.2, 0.25) is 5.02 Å². The molecule has 1 atom stereocenters. The molecule has 0 unspecified atom stereocenters. The van der Waals surface area contributed by atoms with E-state index in [1.165, 1.54) is 5.56 Å². The highest BCUT2D eigenvalue weighted by atomic mass is 35.5. The Labute approximate surface area is 146 Å². The third kappa shape index (κ3) is 3.44. The Bertz CT molecular complexity index is 786. The average Bonchev–Trinajstić information content (AvgIpc) is 2.94. The highest BCUT2D eigenvalue weighted by Crippen LogP contribution is 2.27. The summed E-state index contributed by atoms with van der Waals surface area (Å²) >= 11 is 5.88. The number of hydrogen-bond acceptors (Lipinski definition) is 2. The van der Waals surface area contributed by atoms with Crippen LogP contribution in [0.1, 0.15) is 17.5 Å². The molecule has 0 radical (unpaired) electrons. The number of carbonyl (C=O) groups is 2. The molecule has 0 spiro atoms. The van der Waals surface area contributed by atoms with Crippen LogP contribution in [0.25, 0.3) is 0 Å². The van der Waals surface area contributed by atoms with Gasteiger partial charge in [0.1, 0.15) is 0 Å². The second kappa shape index (κ2) is 6.65. The second-order valence-electron chi connectivity index (χ2n) is 6.17. The van der Waals surface area contributed by atoms with Crippen molar-refractivity contribution in [3.05, 3.63) is 58.6 Å². The maximum atomic E-state index is 12.5. The predicted octanol–water partition coefficient (Wildman–Crippen LogP) is 3.95. The Morgan fingerprint density at radius 2 is 1.83 bits per heavy atom. The van der Waals surface area contributed by atoms with Crippen LogP contribution in [0.4, 0.5) is 11.4 Å². The third-order valence-electron chi connectivity index (χ3n) is 4.41. The molecule has 2 amide bonds. The molecule has 124 valence electrons. The van der Waals surface area contributed by atoms with Gasteiger partial charge in [-0.15, -0.1) is 0 Å². The van der Waals surface area contributed by atoms with Crippen LogP contribution in [0.3, 0.4) is 0 Å². The molecule has 1 heterocycles. The number of hydrogen-bond donors (Lipinski definition) is 1. The van der Waals surface area contributed by atoms with E-state index in [-0.39, 0.29) is 24.2 Å². The Morgan fingerprint density at radius 1 is 1.12 bits per heavy atom. The van der Waals surface area contributed by atoms with Gasteiger partial charge in [-0.05, 0) is 61.4 Å². The molecular formula is C19H19ClN2O2. The van der Waals surface area contributed by atoms with E-state index in [1.54, 1.807) is 29.2 Å². The summed E-state index contributed by atoms with van der Waals surface area (Å²) in [7, 11) is 0. The van der Waals surface area contributed by atoms with E-state index >= 15 is 0 Å². The van der Waals surface area contributed by atoms with E-state index in [0.29, 0.717) is 11.6 Å². The minimum atomic E-state index is -0.352. The van der Waals surface area contributed by atoms with E-state index in [0.717, 1.165) is 16.9 Å². The normalized spacial score (nSPS) is 17.2. The largest absolute Gasteiger partial charge is 0.326 e. The zero-order chi connectivity index (χ0) is 17.3. The van der Waals surface area contributed by atoms with Crippen LogP contribution < -0.4 is 10.2 Å². The summed E-state index contributed by atoms with van der Waals surface area (Å²) in [6, 6.07) is 12.9. The number of amides is 2. The Balaban J connectivity index is 1.69. The van der Waals surface area contributed by atoms with Gasteiger partial charge >= 0.3 is 0 Å². The van der Waals surface area contributed by atoms with E-state index in [9.17, 15) is 9.59 Å². The summed E-state index contributed by atoms with van der Waals surface area (Å²) < 4.78 is 0. The van der Waals surface area contributed by atoms with Crippen molar-refractivity contribution >= 4 is 34.8 Å². The van der Waals surface area contributed by atoms with Crippen LogP contribution in [-0.4, -0.2) is 18.4 Å². The molecule has 0 aliphatic carbocycles. The predicted molar refractivity (Wildman–Crippen MR) is 96.5 cm³/mol. The summed E-state index contributed by atoms with van der Waals surface area (Å²) in [5.41, 5.74) is 3.84. The molecule has 4 nitrogen and oxygen atoms in total. The molecule has 1 aliphatic rings. The van der Waals surface area contributed by atoms with Gasteiger partial charge in [0.2, 0.25) is 11.8 Å². The summed E-state index contributed by atoms with van der Waals surface area (Å²) in [4.78, 5) is 26.4. The molecule has 0 bridgehead atoms. The molecule has 1 saturated heterocycles. The number of anilines is 2. The fraction of sp³-hybridized carbons (Fsp3) is 0.263. The molecule has 0 aromatic heterocycles. The van der Waals surface area contributed by atoms with E-state index in [4.69, 9.17) is 11.6 Å². The van der Waals surface area contributed by atoms with Crippen molar-refractivity contribution < 1.29 is 9.59 Å². The molecule has 0 saturated carbocycles. The first-order chi connectivity index (χ1) is 11.4. The van der Waals surface area contributed by atoms with Crippen molar-refractivity contribution in [2.45, 2.75) is 20.3 Å². The van der Waals surface area contributed by atoms with Gasteiger partial charge in [0.25, 0.3) is 0 Å². The van der Waals surface area contributed by atoms with Crippen molar-refractivity contribution in [2.75, 3.05) is 16.8 Å². The molecule has 3 rings (SSSR count). The van der Waals surface area contributed by atoms with Gasteiger partial charge in [-0.2, -0.15) is 0 Å². The summed E-state index contributed by atoms with van der Waals surface area (Å²) in [5, 5.41) is 3.53. The van der Waals surface area contributed by atoms with Crippen molar-refractivity contribution in [1.29, 1.82) is 0 Å². The Morgan fingerprint density at radius 3 is 2.50 bits per heavy atom. The zero-order valence-corrected chi connectivity index (χ0v) is 14.4. The van der Waals surface area contributed by atoms with Gasteiger partial charge in [-0.1, -0.05) is 17.7 Å². The lowest BCUT2D eigenvalue weighted by molar-refractivity contribution is -0.122. The minimum Gasteiger partial charge on any atom is -0.326 e. The van der Waals surface area contributed by atoms with Crippen molar-refractivity contribution in [1.82, 2.24) is 0 Å². The van der Waals surface area contributed by atoms with Gasteiger partial charge in [-0.25, -0.2) is 0 Å². The first kappa shape index (κ1) is 16.5. The van der Waals surface area contributed by atoms with Crippen molar-refractivity contribution in [2.24, 2.45) is 5.92 Å². The molecule has 24 heavy (non-hydrogen) atoms. The van der Waals surface area contributed by atoms with E-state index < -0.39 is 0 Å². The maximum Gasteiger partial charge on any atom is 0.229 e. The lowest BCUT2D eigenvalue weighted by Crippen LogP contribution is -2.28. The highest BCUT2D eigenvalue weighted by molar-refractivity contribution is 6.30. The van der Waals surface area contributed by atoms with Crippen LogP contribution in [-0.2, 0) is 9.59 Å². The summed E-state index contributed by atoms with van der Waals surface area (Å²) in [6.07, 6.45) is 0.222. The average molecular weight is 343 g/mol. The Kier molecular flexibility index (Phi) is 4.58. The zero-order valence-electron chi connectivity index (χ0n) is 13.7. The topological polar surface area (TPSA) is 49.4 Å². The molecular weight excluding hydrogens is 324 g/mol. The number of carbonyl (C=O) groups excluding carboxylic acids is 2. The van der Waals surface area contributed by atoms with Crippen LogP contribution in [0, 0.1) is 19.8 Å². The number of benzene rings is 2. The SMILES string of the molecule is Cc1ccc(NC(=O)[C@@H]2CC(=O)N(c3ccc(Cl)cc3)C2)cc1C. The van der Waals surface area contributed by atoms with E-state index in [1.807, 2.05) is 32.0 Å². The van der Waals surface area contributed by atoms with Crippen molar-refractivity contribution in [3.8, 4) is 0 Å². The quantitative estimate of drug-likeness (QED) is 0.918. The maximum absolute atomic E-state index is 12.5. The fourth-order valence-corrected chi connectivity index (χ4v) is 2.94. The lowest BCUT2D eigenvalue weighted by Gasteiger charge is -2.17. The molecule has 1 aliphatic heterocycles. The van der Waals surface area contributed by atoms with Crippen LogP contribution >= 0.6 is 11.6 Å². The number of nitrogens with zero attached hydrogens (tertiary/aromatic N) is 1. The molecule has 2 aromatic carbocycles. The lowest BCUT2D eigenvalue weighted by atomic mass is 10.1. The van der Waals surface area contributed by atoms with Crippen molar-refractivity contribution in [3.63, 3.8) is 0 Å². The second-order valence-corrected chi connectivity index (χ2v) is 6.61. The van der Waals surface area contributed by atoms with Gasteiger partial charge in [0.15, 0.2) is 0 Å². The first-order valence-corrected chi connectivity index (χ1v) is 8.26.